The van der Waals surface area contributed by atoms with Crippen LogP contribution in [0.2, 0.25) is 0 Å². The monoisotopic (exact) mass is 358 g/mol. The van der Waals surface area contributed by atoms with Crippen LogP contribution in [0.3, 0.4) is 0 Å². The Labute approximate surface area is 145 Å². The first kappa shape index (κ1) is 19.6. The predicted molar refractivity (Wildman–Crippen MR) is 90.7 cm³/mol. The van der Waals surface area contributed by atoms with Gasteiger partial charge in [0.25, 0.3) is 0 Å². The van der Waals surface area contributed by atoms with Crippen LogP contribution >= 0.6 is 0 Å². The largest absolute Gasteiger partial charge is 0.573 e. The molecule has 0 amide bonds. The van der Waals surface area contributed by atoms with E-state index in [4.69, 9.17) is 20.8 Å². The smallest absolute Gasteiger partial charge is 0.405 e. The molecule has 0 unspecified atom stereocenters. The van der Waals surface area contributed by atoms with Crippen molar-refractivity contribution in [1.82, 2.24) is 0 Å². The van der Waals surface area contributed by atoms with Crippen molar-refractivity contribution < 1.29 is 27.2 Å². The zero-order valence-corrected chi connectivity index (χ0v) is 14.6. The van der Waals surface area contributed by atoms with Crippen LogP contribution in [0.5, 0.6) is 5.75 Å². The van der Waals surface area contributed by atoms with E-state index in [2.05, 4.69) is 4.74 Å². The lowest BCUT2D eigenvalue weighted by Crippen LogP contribution is -2.41. The molecule has 1 aliphatic rings. The molecule has 1 aliphatic heterocycles. The van der Waals surface area contributed by atoms with Gasteiger partial charge in [0.05, 0.1) is 11.2 Å². The number of hydrogen-bond acceptors (Lipinski definition) is 5. The molecule has 1 saturated heterocycles. The molecule has 0 spiro atoms. The fraction of sp³-hybridized carbons (Fsp3) is 0.500. The summed E-state index contributed by atoms with van der Waals surface area (Å²) in [5.41, 5.74) is 11.2. The van der Waals surface area contributed by atoms with E-state index in [1.54, 1.807) is 0 Å². The molecule has 0 radical (unpaired) electrons. The summed E-state index contributed by atoms with van der Waals surface area (Å²) < 4.78 is 53.6. The average Bonchev–Trinajstić information content (AvgIpc) is 2.66. The zero-order chi connectivity index (χ0) is 19.0. The van der Waals surface area contributed by atoms with Crippen LogP contribution in [0.4, 0.5) is 18.9 Å². The van der Waals surface area contributed by atoms with E-state index in [0.717, 1.165) is 6.07 Å². The molecule has 0 bridgehead atoms. The van der Waals surface area contributed by atoms with Crippen LogP contribution in [-0.4, -0.2) is 31.2 Å². The fourth-order valence-electron chi connectivity index (χ4n) is 2.31. The highest BCUT2D eigenvalue weighted by Gasteiger charge is 2.52. The molecule has 0 atom stereocenters. The Morgan fingerprint density at radius 3 is 2.24 bits per heavy atom. The van der Waals surface area contributed by atoms with Crippen molar-refractivity contribution in [3.63, 3.8) is 0 Å². The third-order valence-corrected chi connectivity index (χ3v) is 4.39. The average molecular weight is 358 g/mol. The van der Waals surface area contributed by atoms with Crippen molar-refractivity contribution in [2.24, 2.45) is 5.73 Å². The third kappa shape index (κ3) is 4.48. The minimum absolute atomic E-state index is 0.0388. The van der Waals surface area contributed by atoms with Crippen LogP contribution in [0.1, 0.15) is 33.3 Å². The summed E-state index contributed by atoms with van der Waals surface area (Å²) in [5, 5.41) is 0. The number of halogens is 3. The topological polar surface area (TPSA) is 79.7 Å². The molecule has 1 aromatic carbocycles. The molecule has 5 nitrogen and oxygen atoms in total. The highest BCUT2D eigenvalue weighted by atomic mass is 19.4. The van der Waals surface area contributed by atoms with Gasteiger partial charge in [0, 0.05) is 17.8 Å². The second kappa shape index (κ2) is 6.55. The van der Waals surface area contributed by atoms with Gasteiger partial charge in [0.1, 0.15) is 5.75 Å². The van der Waals surface area contributed by atoms with Crippen LogP contribution in [0.25, 0.3) is 6.08 Å². The second-order valence-electron chi connectivity index (χ2n) is 6.86. The highest BCUT2D eigenvalue weighted by molar-refractivity contribution is 6.56. The van der Waals surface area contributed by atoms with E-state index in [1.807, 2.05) is 27.7 Å². The maximum absolute atomic E-state index is 12.6. The standard InChI is InChI=1S/C16H22BF3N2O3/c1-14(2)15(3,4)25-17(24-14)11(9-21)7-10-8-12(22)5-6-13(10)23-16(18,19)20/h5-8H,9,21-22H2,1-4H3. The number of ether oxygens (including phenoxy) is 1. The van der Waals surface area contributed by atoms with E-state index >= 15 is 0 Å². The van der Waals surface area contributed by atoms with Gasteiger partial charge in [0.2, 0.25) is 0 Å². The molecule has 0 aliphatic carbocycles. The number of anilines is 1. The van der Waals surface area contributed by atoms with Crippen LogP contribution < -0.4 is 16.2 Å². The van der Waals surface area contributed by atoms with Crippen molar-refractivity contribution >= 4 is 18.9 Å². The second-order valence-corrected chi connectivity index (χ2v) is 6.86. The van der Waals surface area contributed by atoms with Gasteiger partial charge in [-0.3, -0.25) is 0 Å². The Morgan fingerprint density at radius 2 is 1.76 bits per heavy atom. The third-order valence-electron chi connectivity index (χ3n) is 4.39. The van der Waals surface area contributed by atoms with Crippen LogP contribution in [0.15, 0.2) is 23.7 Å². The minimum atomic E-state index is -4.81. The van der Waals surface area contributed by atoms with Gasteiger partial charge < -0.3 is 25.5 Å². The first-order valence-corrected chi connectivity index (χ1v) is 7.76. The summed E-state index contributed by atoms with van der Waals surface area (Å²) in [7, 11) is -0.768. The van der Waals surface area contributed by atoms with Crippen molar-refractivity contribution in [3.8, 4) is 5.75 Å². The van der Waals surface area contributed by atoms with Crippen LogP contribution in [0, 0.1) is 0 Å². The van der Waals surface area contributed by atoms with Crippen molar-refractivity contribution in [3.05, 3.63) is 29.2 Å². The molecule has 25 heavy (non-hydrogen) atoms. The molecule has 0 aromatic heterocycles. The Kier molecular flexibility index (Phi) is 5.14. The lowest BCUT2D eigenvalue weighted by atomic mass is 9.77. The molecule has 0 saturated carbocycles. The minimum Gasteiger partial charge on any atom is -0.405 e. The number of nitrogens with two attached hydrogens (primary N) is 2. The van der Waals surface area contributed by atoms with Crippen molar-refractivity contribution in [2.45, 2.75) is 45.3 Å². The van der Waals surface area contributed by atoms with E-state index in [0.29, 0.717) is 11.2 Å². The van der Waals surface area contributed by atoms with Gasteiger partial charge in [-0.25, -0.2) is 0 Å². The Morgan fingerprint density at radius 1 is 1.20 bits per heavy atom. The van der Waals surface area contributed by atoms with Gasteiger partial charge in [-0.15, -0.1) is 13.2 Å². The molecule has 1 heterocycles. The van der Waals surface area contributed by atoms with Gasteiger partial charge in [-0.05, 0) is 51.4 Å². The Balaban J connectivity index is 2.39. The van der Waals surface area contributed by atoms with Gasteiger partial charge in [-0.2, -0.15) is 0 Å². The van der Waals surface area contributed by atoms with E-state index < -0.39 is 24.7 Å². The summed E-state index contributed by atoms with van der Waals surface area (Å²) in [6, 6.07) is 3.87. The molecule has 1 fully saturated rings. The Hall–Kier alpha value is -1.71. The molecule has 1 aromatic rings. The summed E-state index contributed by atoms with van der Waals surface area (Å²) in [6.07, 6.45) is -3.36. The van der Waals surface area contributed by atoms with Gasteiger partial charge in [-0.1, -0.05) is 6.08 Å². The fourth-order valence-corrected chi connectivity index (χ4v) is 2.31. The molecular formula is C16H22BF3N2O3. The molecule has 138 valence electrons. The normalized spacial score (nSPS) is 20.0. The molecule has 2 rings (SSSR count). The molecular weight excluding hydrogens is 336 g/mol. The predicted octanol–water partition coefficient (Wildman–Crippen LogP) is 3.14. The maximum Gasteiger partial charge on any atom is 0.573 e. The first-order chi connectivity index (χ1) is 11.3. The lowest BCUT2D eigenvalue weighted by Gasteiger charge is -2.32. The number of alkyl halides is 3. The van der Waals surface area contributed by atoms with E-state index in [1.165, 1.54) is 18.2 Å². The first-order valence-electron chi connectivity index (χ1n) is 7.76. The summed E-state index contributed by atoms with van der Waals surface area (Å²) in [5.74, 6) is -0.371. The van der Waals surface area contributed by atoms with E-state index in [9.17, 15) is 13.2 Å². The summed E-state index contributed by atoms with van der Waals surface area (Å²) in [6.45, 7) is 7.54. The Bertz CT molecular complexity index is 659. The van der Waals surface area contributed by atoms with Gasteiger partial charge >= 0.3 is 13.5 Å². The van der Waals surface area contributed by atoms with Gasteiger partial charge in [0.15, 0.2) is 0 Å². The molecule has 9 heteroatoms. The van der Waals surface area contributed by atoms with Crippen LogP contribution in [-0.2, 0) is 9.31 Å². The van der Waals surface area contributed by atoms with Crippen molar-refractivity contribution in [2.75, 3.05) is 12.3 Å². The molecule has 4 N–H and O–H groups in total. The SMILES string of the molecule is CC1(C)OB(C(=Cc2cc(N)ccc2OC(F)(F)F)CN)OC1(C)C. The maximum atomic E-state index is 12.6. The number of hydrogen-bond donors (Lipinski definition) is 2. The summed E-state index contributed by atoms with van der Waals surface area (Å²) >= 11 is 0. The summed E-state index contributed by atoms with van der Waals surface area (Å²) in [4.78, 5) is 0. The number of benzene rings is 1. The zero-order valence-electron chi connectivity index (χ0n) is 14.6. The number of nitrogen functional groups attached to an aromatic ring is 1. The van der Waals surface area contributed by atoms with Crippen molar-refractivity contribution in [1.29, 1.82) is 0 Å². The highest BCUT2D eigenvalue weighted by Crippen LogP contribution is 2.39. The lowest BCUT2D eigenvalue weighted by molar-refractivity contribution is -0.274. The quantitative estimate of drug-likeness (QED) is 0.639. The number of rotatable bonds is 4. The van der Waals surface area contributed by atoms with E-state index in [-0.39, 0.29) is 17.9 Å².